The number of hydrogen-bond acceptors (Lipinski definition) is 4. The maximum Gasteiger partial charge on any atom is 0.273 e. The Morgan fingerprint density at radius 2 is 1.23 bits per heavy atom. The summed E-state index contributed by atoms with van der Waals surface area (Å²) in [6.45, 7) is 0. The van der Waals surface area contributed by atoms with Gasteiger partial charge in [-0.15, -0.1) is 0 Å². The molecule has 1 aromatic heterocycles. The van der Waals surface area contributed by atoms with Crippen LogP contribution in [-0.4, -0.2) is 4.92 Å². The average Bonchev–Trinajstić information content (AvgIpc) is 3.34. The number of nitrogens with zero attached hydrogens (tertiary/aromatic N) is 1. The number of rotatable bonds is 7. The molecule has 0 spiro atoms. The van der Waals surface area contributed by atoms with Gasteiger partial charge >= 0.3 is 0 Å². The number of para-hydroxylation sites is 1. The van der Waals surface area contributed by atoms with Crippen LogP contribution in [0, 0.1) is 10.1 Å². The molecule has 5 nitrogen and oxygen atoms in total. The largest absolute Gasteiger partial charge is 0.456 e. The van der Waals surface area contributed by atoms with E-state index in [9.17, 15) is 14.7 Å². The first kappa shape index (κ1) is 22.6. The van der Waals surface area contributed by atoms with E-state index in [2.05, 4.69) is 0 Å². The number of hydrogen-bond donors (Lipinski definition) is 0. The summed E-state index contributed by atoms with van der Waals surface area (Å²) < 4.78 is 21.2. The second-order valence-electron chi connectivity index (χ2n) is 8.13. The predicted molar refractivity (Wildman–Crippen MR) is 139 cm³/mol. The van der Waals surface area contributed by atoms with E-state index in [-0.39, 0.29) is 17.0 Å². The van der Waals surface area contributed by atoms with Crippen molar-refractivity contribution in [2.24, 2.45) is 0 Å². The van der Waals surface area contributed by atoms with Gasteiger partial charge in [0.05, 0.1) is 4.92 Å². The van der Waals surface area contributed by atoms with Crippen molar-refractivity contribution in [3.63, 3.8) is 0 Å². The van der Waals surface area contributed by atoms with E-state index in [0.29, 0.717) is 27.4 Å². The molecule has 6 heteroatoms. The SMILES string of the molecule is O=[N+]([O-])c1ccccc1Cc1oc(P(=O)(c2ccccc2)c2ccccc2)cc1-c1ccccc1. The van der Waals surface area contributed by atoms with Gasteiger partial charge in [0.1, 0.15) is 5.76 Å². The van der Waals surface area contributed by atoms with Crippen LogP contribution in [0.2, 0.25) is 0 Å². The van der Waals surface area contributed by atoms with E-state index < -0.39 is 7.14 Å². The number of nitro benzene ring substituents is 1. The lowest BCUT2D eigenvalue weighted by molar-refractivity contribution is -0.385. The minimum atomic E-state index is -3.34. The molecule has 0 atom stereocenters. The Morgan fingerprint density at radius 1 is 0.714 bits per heavy atom. The zero-order chi connectivity index (χ0) is 24.3. The third kappa shape index (κ3) is 4.34. The second-order valence-corrected chi connectivity index (χ2v) is 10.8. The van der Waals surface area contributed by atoms with Crippen LogP contribution >= 0.6 is 7.14 Å². The molecule has 35 heavy (non-hydrogen) atoms. The van der Waals surface area contributed by atoms with Gasteiger partial charge in [-0.05, 0) is 11.6 Å². The third-order valence-electron chi connectivity index (χ3n) is 5.97. The molecule has 0 aliphatic rings. The molecule has 1 heterocycles. The van der Waals surface area contributed by atoms with Crippen molar-refractivity contribution in [2.45, 2.75) is 6.42 Å². The van der Waals surface area contributed by atoms with Crippen LogP contribution in [-0.2, 0) is 11.0 Å². The van der Waals surface area contributed by atoms with Crippen molar-refractivity contribution in [3.8, 4) is 11.1 Å². The molecule has 5 rings (SSSR count). The summed E-state index contributed by atoms with van der Waals surface area (Å²) in [7, 11) is -3.34. The lowest BCUT2D eigenvalue weighted by atomic mass is 10.0. The highest BCUT2D eigenvalue weighted by molar-refractivity contribution is 7.85. The molecule has 4 aromatic carbocycles. The quantitative estimate of drug-likeness (QED) is 0.161. The van der Waals surface area contributed by atoms with E-state index in [1.54, 1.807) is 18.2 Å². The summed E-state index contributed by atoms with van der Waals surface area (Å²) in [6.07, 6.45) is 0.199. The number of benzene rings is 4. The summed E-state index contributed by atoms with van der Waals surface area (Å²) in [5, 5.41) is 13.0. The van der Waals surface area contributed by atoms with Crippen LogP contribution < -0.4 is 16.1 Å². The molecule has 172 valence electrons. The van der Waals surface area contributed by atoms with E-state index in [1.165, 1.54) is 6.07 Å². The monoisotopic (exact) mass is 479 g/mol. The first-order valence-corrected chi connectivity index (χ1v) is 12.9. The third-order valence-corrected chi connectivity index (χ3v) is 8.86. The van der Waals surface area contributed by atoms with Gasteiger partial charge in [0.25, 0.3) is 5.69 Å². The first-order chi connectivity index (χ1) is 17.1. The summed E-state index contributed by atoms with van der Waals surface area (Å²) in [5.74, 6) is 0.535. The van der Waals surface area contributed by atoms with Gasteiger partial charge in [-0.3, -0.25) is 10.1 Å². The predicted octanol–water partition coefficient (Wildman–Crippen LogP) is 6.09. The summed E-state index contributed by atoms with van der Waals surface area (Å²) >= 11 is 0. The zero-order valence-corrected chi connectivity index (χ0v) is 19.7. The lowest BCUT2D eigenvalue weighted by Gasteiger charge is -2.17. The van der Waals surface area contributed by atoms with Gasteiger partial charge in [-0.25, -0.2) is 0 Å². The fourth-order valence-electron chi connectivity index (χ4n) is 4.25. The van der Waals surface area contributed by atoms with Gasteiger partial charge < -0.3 is 8.98 Å². The molecule has 0 radical (unpaired) electrons. The fraction of sp³-hybridized carbons (Fsp3) is 0.0345. The fourth-order valence-corrected chi connectivity index (χ4v) is 6.79. The Kier molecular flexibility index (Phi) is 6.17. The Morgan fingerprint density at radius 3 is 1.80 bits per heavy atom. The summed E-state index contributed by atoms with van der Waals surface area (Å²) in [6, 6.07) is 36.7. The van der Waals surface area contributed by atoms with Gasteiger partial charge in [-0.2, -0.15) is 0 Å². The van der Waals surface area contributed by atoms with Crippen LogP contribution in [0.3, 0.4) is 0 Å². The van der Waals surface area contributed by atoms with Crippen molar-refractivity contribution in [2.75, 3.05) is 0 Å². The Hall–Kier alpha value is -4.21. The maximum atomic E-state index is 14.8. The molecule has 5 aromatic rings. The number of nitro groups is 1. The average molecular weight is 479 g/mol. The molecule has 0 amide bonds. The van der Waals surface area contributed by atoms with Crippen molar-refractivity contribution >= 4 is 28.9 Å². The molecule has 0 unspecified atom stereocenters. The summed E-state index contributed by atoms with van der Waals surface area (Å²) in [5.41, 5.74) is 2.57. The van der Waals surface area contributed by atoms with Crippen molar-refractivity contribution < 1.29 is 13.9 Å². The van der Waals surface area contributed by atoms with Crippen LogP contribution in [0.5, 0.6) is 0 Å². The molecular weight excluding hydrogens is 457 g/mol. The lowest BCUT2D eigenvalue weighted by Crippen LogP contribution is -2.24. The van der Waals surface area contributed by atoms with Crippen LogP contribution in [0.4, 0.5) is 5.69 Å². The standard InChI is InChI=1S/C29H22NO4P/c31-30(32)27-19-11-10-14-23(27)20-28-26(22-12-4-1-5-13-22)21-29(34-28)35(33,24-15-6-2-7-16-24)25-17-8-3-9-18-25/h1-19,21H,20H2. The Labute approximate surface area is 203 Å². The minimum absolute atomic E-state index is 0.0266. The van der Waals surface area contributed by atoms with Crippen LogP contribution in [0.15, 0.2) is 126 Å². The normalized spacial score (nSPS) is 11.3. The van der Waals surface area contributed by atoms with Crippen molar-refractivity contribution in [1.82, 2.24) is 0 Å². The smallest absolute Gasteiger partial charge is 0.273 e. The molecule has 0 bridgehead atoms. The maximum absolute atomic E-state index is 14.8. The first-order valence-electron chi connectivity index (χ1n) is 11.2. The van der Waals surface area contributed by atoms with E-state index >= 15 is 0 Å². The highest BCUT2D eigenvalue weighted by Crippen LogP contribution is 2.45. The second kappa shape index (κ2) is 9.57. The van der Waals surface area contributed by atoms with Gasteiger partial charge in [0, 0.05) is 34.2 Å². The van der Waals surface area contributed by atoms with E-state index in [4.69, 9.17) is 4.42 Å². The van der Waals surface area contributed by atoms with E-state index in [1.807, 2.05) is 97.1 Å². The van der Waals surface area contributed by atoms with Crippen LogP contribution in [0.25, 0.3) is 11.1 Å². The molecule has 0 saturated carbocycles. The highest BCUT2D eigenvalue weighted by Gasteiger charge is 2.34. The topological polar surface area (TPSA) is 73.3 Å². The van der Waals surface area contributed by atoms with Gasteiger partial charge in [0.2, 0.25) is 7.14 Å². The molecule has 0 N–H and O–H groups in total. The van der Waals surface area contributed by atoms with Gasteiger partial charge in [-0.1, -0.05) is 109 Å². The zero-order valence-electron chi connectivity index (χ0n) is 18.8. The Bertz CT molecular complexity index is 1470. The molecular formula is C29H22NO4P. The molecule has 0 fully saturated rings. The van der Waals surface area contributed by atoms with Gasteiger partial charge in [0.15, 0.2) is 5.50 Å². The molecule has 0 aliphatic carbocycles. The molecule has 0 aliphatic heterocycles. The number of furan rings is 1. The highest BCUT2D eigenvalue weighted by atomic mass is 31.2. The van der Waals surface area contributed by atoms with Crippen molar-refractivity contribution in [3.05, 3.63) is 143 Å². The van der Waals surface area contributed by atoms with Crippen LogP contribution in [0.1, 0.15) is 11.3 Å². The minimum Gasteiger partial charge on any atom is -0.456 e. The van der Waals surface area contributed by atoms with E-state index in [0.717, 1.165) is 11.1 Å². The Balaban J connectivity index is 1.72. The summed E-state index contributed by atoms with van der Waals surface area (Å²) in [4.78, 5) is 11.2. The molecule has 0 saturated heterocycles. The van der Waals surface area contributed by atoms with Crippen molar-refractivity contribution in [1.29, 1.82) is 0 Å².